The molecular formula is C14H29N3O2. The van der Waals surface area contributed by atoms with Crippen LogP contribution in [0.2, 0.25) is 0 Å². The molecule has 19 heavy (non-hydrogen) atoms. The second kappa shape index (κ2) is 7.70. The molecule has 5 nitrogen and oxygen atoms in total. The molecule has 1 atom stereocenters. The van der Waals surface area contributed by atoms with Crippen molar-refractivity contribution in [3.05, 3.63) is 0 Å². The van der Waals surface area contributed by atoms with Crippen molar-refractivity contribution in [2.45, 2.75) is 65.0 Å². The maximum Gasteiger partial charge on any atom is 0.422 e. The van der Waals surface area contributed by atoms with E-state index in [1.54, 1.807) is 0 Å². The molecule has 1 fully saturated rings. The number of likely N-dealkylation sites (tertiary alicyclic amines) is 1. The van der Waals surface area contributed by atoms with Crippen molar-refractivity contribution in [1.29, 1.82) is 0 Å². The Kier molecular flexibility index (Phi) is 6.58. The minimum absolute atomic E-state index is 0.342. The zero-order chi connectivity index (χ0) is 14.3. The molecule has 112 valence electrons. The molecule has 1 amide bonds. The van der Waals surface area contributed by atoms with E-state index in [4.69, 9.17) is 4.74 Å². The van der Waals surface area contributed by atoms with Gasteiger partial charge in [0.05, 0.1) is 0 Å². The normalized spacial score (nSPS) is 21.8. The Balaban J connectivity index is 2.24. The Hall–Kier alpha value is -0.810. The molecule has 0 saturated carbocycles. The molecule has 0 bridgehead atoms. The Bertz CT molecular complexity index is 276. The summed E-state index contributed by atoms with van der Waals surface area (Å²) in [5.74, 6) is 0. The van der Waals surface area contributed by atoms with Gasteiger partial charge >= 0.3 is 6.09 Å². The number of nitrogens with one attached hydrogen (secondary N) is 2. The lowest BCUT2D eigenvalue weighted by molar-refractivity contribution is 0.0485. The predicted molar refractivity (Wildman–Crippen MR) is 76.9 cm³/mol. The van der Waals surface area contributed by atoms with E-state index in [0.717, 1.165) is 19.4 Å². The summed E-state index contributed by atoms with van der Waals surface area (Å²) in [5.41, 5.74) is 5.30. The van der Waals surface area contributed by atoms with Gasteiger partial charge in [0.15, 0.2) is 0 Å². The van der Waals surface area contributed by atoms with E-state index in [-0.39, 0.29) is 0 Å². The molecule has 5 heteroatoms. The third-order valence-corrected chi connectivity index (χ3v) is 3.14. The molecule has 1 saturated heterocycles. The van der Waals surface area contributed by atoms with Crippen LogP contribution >= 0.6 is 0 Å². The lowest BCUT2D eigenvalue weighted by Gasteiger charge is -2.22. The number of ether oxygens (including phenoxy) is 1. The Morgan fingerprint density at radius 2 is 2.05 bits per heavy atom. The van der Waals surface area contributed by atoms with Crippen molar-refractivity contribution in [2.75, 3.05) is 19.6 Å². The van der Waals surface area contributed by atoms with Crippen LogP contribution in [0, 0.1) is 0 Å². The fraction of sp³-hybridized carbons (Fsp3) is 0.929. The molecule has 0 aromatic rings. The molecule has 1 aliphatic heterocycles. The molecule has 2 N–H and O–H groups in total. The molecule has 0 radical (unpaired) electrons. The quantitative estimate of drug-likeness (QED) is 0.770. The summed E-state index contributed by atoms with van der Waals surface area (Å²) in [7, 11) is 0. The van der Waals surface area contributed by atoms with Gasteiger partial charge < -0.3 is 9.64 Å². The molecule has 0 spiro atoms. The third kappa shape index (κ3) is 7.38. The van der Waals surface area contributed by atoms with Gasteiger partial charge in [-0.25, -0.2) is 10.2 Å². The number of carbonyl (C=O) groups excluding carboxylic acids is 1. The Morgan fingerprint density at radius 3 is 2.68 bits per heavy atom. The van der Waals surface area contributed by atoms with Gasteiger partial charge in [-0.2, -0.15) is 0 Å². The van der Waals surface area contributed by atoms with Crippen LogP contribution in [0.1, 0.15) is 53.4 Å². The number of nitrogens with zero attached hydrogens (tertiary/aromatic N) is 1. The standard InChI is InChI=1S/C14H29N3O2/c1-5-9-17-10-6-7-12(8-11-17)15-16-13(18)19-14(2,3)4/h12,15H,5-11H2,1-4H3,(H,16,18). The second-order valence-electron chi connectivity index (χ2n) is 6.24. The summed E-state index contributed by atoms with van der Waals surface area (Å²) in [4.78, 5) is 14.0. The first-order chi connectivity index (χ1) is 8.90. The van der Waals surface area contributed by atoms with Gasteiger partial charge in [0.1, 0.15) is 5.60 Å². The Labute approximate surface area is 117 Å². The first kappa shape index (κ1) is 16.2. The molecular weight excluding hydrogens is 242 g/mol. The summed E-state index contributed by atoms with van der Waals surface area (Å²) in [6, 6.07) is 0.342. The first-order valence-electron chi connectivity index (χ1n) is 7.37. The smallest absolute Gasteiger partial charge is 0.422 e. The van der Waals surface area contributed by atoms with Gasteiger partial charge in [0.25, 0.3) is 0 Å². The summed E-state index contributed by atoms with van der Waals surface area (Å²) in [5, 5.41) is 0. The average molecular weight is 271 g/mol. The summed E-state index contributed by atoms with van der Waals surface area (Å²) in [6.45, 7) is 11.2. The van der Waals surface area contributed by atoms with Crippen LogP contribution in [0.5, 0.6) is 0 Å². The fourth-order valence-electron chi connectivity index (χ4n) is 2.30. The highest BCUT2D eigenvalue weighted by molar-refractivity contribution is 5.67. The van der Waals surface area contributed by atoms with Crippen LogP contribution < -0.4 is 10.9 Å². The van der Waals surface area contributed by atoms with Gasteiger partial charge in [-0.15, -0.1) is 0 Å². The highest BCUT2D eigenvalue weighted by atomic mass is 16.6. The molecule has 1 unspecified atom stereocenters. The van der Waals surface area contributed by atoms with Crippen LogP contribution in [-0.4, -0.2) is 42.3 Å². The number of carbonyl (C=O) groups is 1. The minimum atomic E-state index is -0.451. The van der Waals surface area contributed by atoms with Crippen molar-refractivity contribution in [3.63, 3.8) is 0 Å². The van der Waals surface area contributed by atoms with Crippen LogP contribution in [0.3, 0.4) is 0 Å². The molecule has 0 aromatic heterocycles. The van der Waals surface area contributed by atoms with Gasteiger partial charge in [-0.3, -0.25) is 5.43 Å². The van der Waals surface area contributed by atoms with Gasteiger partial charge in [0.2, 0.25) is 0 Å². The van der Waals surface area contributed by atoms with E-state index in [1.807, 2.05) is 20.8 Å². The summed E-state index contributed by atoms with van der Waals surface area (Å²) < 4.78 is 5.20. The maximum absolute atomic E-state index is 11.5. The fourth-order valence-corrected chi connectivity index (χ4v) is 2.30. The van der Waals surface area contributed by atoms with E-state index >= 15 is 0 Å². The van der Waals surface area contributed by atoms with Crippen LogP contribution in [0.25, 0.3) is 0 Å². The minimum Gasteiger partial charge on any atom is -0.443 e. The number of hydrazine groups is 1. The third-order valence-electron chi connectivity index (χ3n) is 3.14. The van der Waals surface area contributed by atoms with Gasteiger partial charge in [-0.05, 0) is 66.1 Å². The number of amides is 1. The van der Waals surface area contributed by atoms with E-state index in [9.17, 15) is 4.79 Å². The molecule has 0 aromatic carbocycles. The van der Waals surface area contributed by atoms with Crippen LogP contribution in [0.4, 0.5) is 4.79 Å². The SMILES string of the molecule is CCCN1CCCC(NNC(=O)OC(C)(C)C)CC1. The van der Waals surface area contributed by atoms with Gasteiger partial charge in [0, 0.05) is 6.04 Å². The van der Waals surface area contributed by atoms with E-state index in [1.165, 1.54) is 25.9 Å². The first-order valence-corrected chi connectivity index (χ1v) is 7.37. The van der Waals surface area contributed by atoms with Crippen molar-refractivity contribution < 1.29 is 9.53 Å². The number of hydrogen-bond donors (Lipinski definition) is 2. The van der Waals surface area contributed by atoms with Crippen molar-refractivity contribution in [2.24, 2.45) is 0 Å². The topological polar surface area (TPSA) is 53.6 Å². The predicted octanol–water partition coefficient (Wildman–Crippen LogP) is 2.28. The molecule has 1 aliphatic rings. The molecule has 1 rings (SSSR count). The zero-order valence-electron chi connectivity index (χ0n) is 12.8. The number of hydrogen-bond acceptors (Lipinski definition) is 4. The van der Waals surface area contributed by atoms with Crippen molar-refractivity contribution in [3.8, 4) is 0 Å². The molecule has 1 heterocycles. The number of rotatable bonds is 4. The van der Waals surface area contributed by atoms with E-state index in [2.05, 4.69) is 22.7 Å². The summed E-state index contributed by atoms with van der Waals surface area (Å²) >= 11 is 0. The largest absolute Gasteiger partial charge is 0.443 e. The van der Waals surface area contributed by atoms with E-state index in [0.29, 0.717) is 6.04 Å². The highest BCUT2D eigenvalue weighted by Gasteiger charge is 2.19. The summed E-state index contributed by atoms with van der Waals surface area (Å²) in [6.07, 6.45) is 4.13. The van der Waals surface area contributed by atoms with Crippen molar-refractivity contribution >= 4 is 6.09 Å². The Morgan fingerprint density at radius 1 is 1.32 bits per heavy atom. The second-order valence-corrected chi connectivity index (χ2v) is 6.24. The lowest BCUT2D eigenvalue weighted by atomic mass is 10.1. The maximum atomic E-state index is 11.5. The van der Waals surface area contributed by atoms with E-state index < -0.39 is 11.7 Å². The van der Waals surface area contributed by atoms with Gasteiger partial charge in [-0.1, -0.05) is 6.92 Å². The molecule has 0 aliphatic carbocycles. The van der Waals surface area contributed by atoms with Crippen LogP contribution in [0.15, 0.2) is 0 Å². The monoisotopic (exact) mass is 271 g/mol. The van der Waals surface area contributed by atoms with Crippen molar-refractivity contribution in [1.82, 2.24) is 15.8 Å². The van der Waals surface area contributed by atoms with Crippen LogP contribution in [-0.2, 0) is 4.74 Å². The average Bonchev–Trinajstić information content (AvgIpc) is 2.50. The zero-order valence-corrected chi connectivity index (χ0v) is 12.8. The lowest BCUT2D eigenvalue weighted by Crippen LogP contribution is -2.46. The highest BCUT2D eigenvalue weighted by Crippen LogP contribution is 2.11.